The van der Waals surface area contributed by atoms with E-state index < -0.39 is 24.3 Å². The van der Waals surface area contributed by atoms with Gasteiger partial charge in [0.05, 0.1) is 0 Å². The summed E-state index contributed by atoms with van der Waals surface area (Å²) in [4.78, 5) is 0. The minimum Gasteiger partial charge on any atom is -0.388 e. The zero-order valence-electron chi connectivity index (χ0n) is 6.75. The zero-order chi connectivity index (χ0) is 10.3. The molecule has 1 saturated heterocycles. The monoisotopic (exact) mass is 200 g/mol. The van der Waals surface area contributed by atoms with Crippen molar-refractivity contribution < 1.29 is 23.4 Å². The zero-order valence-corrected chi connectivity index (χ0v) is 6.75. The molecule has 1 aliphatic heterocycles. The number of hydrogen-bond acceptors (Lipinski definition) is 4. The maximum atomic E-state index is 12.2. The van der Waals surface area contributed by atoms with Gasteiger partial charge in [-0.25, -0.2) is 5.01 Å². The lowest BCUT2D eigenvalue weighted by Crippen LogP contribution is -2.63. The van der Waals surface area contributed by atoms with Crippen LogP contribution in [0.25, 0.3) is 0 Å². The lowest BCUT2D eigenvalue weighted by Gasteiger charge is -2.41. The Morgan fingerprint density at radius 3 is 2.38 bits per heavy atom. The molecule has 0 aromatic rings. The van der Waals surface area contributed by atoms with Gasteiger partial charge in [0.15, 0.2) is 5.60 Å². The number of halogens is 3. The molecule has 0 aromatic carbocycles. The van der Waals surface area contributed by atoms with Crippen LogP contribution in [0.4, 0.5) is 13.2 Å². The summed E-state index contributed by atoms with van der Waals surface area (Å²) in [6.45, 7) is -0.469. The predicted molar refractivity (Wildman–Crippen MR) is 37.4 cm³/mol. The fourth-order valence-corrected chi connectivity index (χ4v) is 1.28. The molecule has 2 atom stereocenters. The SMILES string of the molecule is NN1CC[C@](O)(C(F)(F)F)[C@@H](O)C1. The van der Waals surface area contributed by atoms with E-state index in [-0.39, 0.29) is 13.1 Å². The van der Waals surface area contributed by atoms with Gasteiger partial charge >= 0.3 is 6.18 Å². The van der Waals surface area contributed by atoms with Crippen LogP contribution in [0.5, 0.6) is 0 Å². The molecular weight excluding hydrogens is 189 g/mol. The van der Waals surface area contributed by atoms with Gasteiger partial charge in [-0.3, -0.25) is 5.84 Å². The molecule has 0 amide bonds. The van der Waals surface area contributed by atoms with Crippen LogP contribution < -0.4 is 5.84 Å². The van der Waals surface area contributed by atoms with Crippen molar-refractivity contribution in [2.75, 3.05) is 13.1 Å². The van der Waals surface area contributed by atoms with E-state index in [4.69, 9.17) is 16.1 Å². The van der Waals surface area contributed by atoms with Gasteiger partial charge in [0.2, 0.25) is 0 Å². The molecule has 0 radical (unpaired) electrons. The van der Waals surface area contributed by atoms with Crippen molar-refractivity contribution in [1.82, 2.24) is 5.01 Å². The molecule has 78 valence electrons. The summed E-state index contributed by atoms with van der Waals surface area (Å²) in [6, 6.07) is 0. The molecule has 1 aliphatic rings. The molecule has 0 unspecified atom stereocenters. The van der Waals surface area contributed by atoms with Crippen LogP contribution in [0.1, 0.15) is 6.42 Å². The van der Waals surface area contributed by atoms with Gasteiger partial charge in [0, 0.05) is 19.5 Å². The van der Waals surface area contributed by atoms with Crippen LogP contribution in [0, 0.1) is 0 Å². The number of hydrogen-bond donors (Lipinski definition) is 3. The van der Waals surface area contributed by atoms with Crippen molar-refractivity contribution >= 4 is 0 Å². The fraction of sp³-hybridized carbons (Fsp3) is 1.00. The van der Waals surface area contributed by atoms with Crippen LogP contribution in [0.2, 0.25) is 0 Å². The second-order valence-corrected chi connectivity index (χ2v) is 3.18. The Balaban J connectivity index is 2.79. The van der Waals surface area contributed by atoms with Gasteiger partial charge in [-0.15, -0.1) is 0 Å². The molecular formula is C6H11F3N2O2. The Morgan fingerprint density at radius 2 is 2.00 bits per heavy atom. The summed E-state index contributed by atoms with van der Waals surface area (Å²) in [7, 11) is 0. The van der Waals surface area contributed by atoms with E-state index >= 15 is 0 Å². The summed E-state index contributed by atoms with van der Waals surface area (Å²) in [6.07, 6.45) is -7.30. The number of alkyl halides is 3. The number of piperidine rings is 1. The topological polar surface area (TPSA) is 69.7 Å². The fourth-order valence-electron chi connectivity index (χ4n) is 1.28. The van der Waals surface area contributed by atoms with Gasteiger partial charge in [0.25, 0.3) is 0 Å². The summed E-state index contributed by atoms with van der Waals surface area (Å²) in [5.74, 6) is 5.18. The van der Waals surface area contributed by atoms with Crippen molar-refractivity contribution in [3.63, 3.8) is 0 Å². The first-order valence-corrected chi connectivity index (χ1v) is 3.74. The lowest BCUT2D eigenvalue weighted by molar-refractivity contribution is -0.303. The van der Waals surface area contributed by atoms with E-state index in [2.05, 4.69) is 0 Å². The van der Waals surface area contributed by atoms with Crippen molar-refractivity contribution in [1.29, 1.82) is 0 Å². The number of aliphatic hydroxyl groups excluding tert-OH is 1. The van der Waals surface area contributed by atoms with Gasteiger partial charge in [0.1, 0.15) is 6.10 Å². The molecule has 7 heteroatoms. The molecule has 0 bridgehead atoms. The van der Waals surface area contributed by atoms with E-state index in [0.29, 0.717) is 0 Å². The van der Waals surface area contributed by atoms with Gasteiger partial charge in [-0.1, -0.05) is 0 Å². The first-order chi connectivity index (χ1) is 5.77. The van der Waals surface area contributed by atoms with Crippen molar-refractivity contribution in [3.8, 4) is 0 Å². The molecule has 1 heterocycles. The predicted octanol–water partition coefficient (Wildman–Crippen LogP) is -0.780. The van der Waals surface area contributed by atoms with E-state index in [1.54, 1.807) is 0 Å². The van der Waals surface area contributed by atoms with Crippen LogP contribution in [-0.4, -0.2) is 46.2 Å². The average molecular weight is 200 g/mol. The van der Waals surface area contributed by atoms with E-state index in [1.165, 1.54) is 0 Å². The molecule has 1 fully saturated rings. The molecule has 0 spiro atoms. The summed E-state index contributed by atoms with van der Waals surface area (Å²) in [5.41, 5.74) is -3.01. The number of rotatable bonds is 0. The largest absolute Gasteiger partial charge is 0.419 e. The van der Waals surface area contributed by atoms with Crippen LogP contribution in [0.15, 0.2) is 0 Å². The molecule has 4 nitrogen and oxygen atoms in total. The number of aliphatic hydroxyl groups is 2. The van der Waals surface area contributed by atoms with Crippen LogP contribution in [-0.2, 0) is 0 Å². The highest BCUT2D eigenvalue weighted by molar-refractivity contribution is 4.97. The van der Waals surface area contributed by atoms with Crippen LogP contribution >= 0.6 is 0 Å². The van der Waals surface area contributed by atoms with Gasteiger partial charge < -0.3 is 10.2 Å². The second-order valence-electron chi connectivity index (χ2n) is 3.18. The van der Waals surface area contributed by atoms with Crippen molar-refractivity contribution in [3.05, 3.63) is 0 Å². The lowest BCUT2D eigenvalue weighted by atomic mass is 9.88. The maximum Gasteiger partial charge on any atom is 0.419 e. The summed E-state index contributed by atoms with van der Waals surface area (Å²) in [5, 5.41) is 19.2. The minimum absolute atomic E-state index is 0.0902. The number of nitrogens with zero attached hydrogens (tertiary/aromatic N) is 1. The molecule has 0 aromatic heterocycles. The Bertz CT molecular complexity index is 199. The Morgan fingerprint density at radius 1 is 1.46 bits per heavy atom. The van der Waals surface area contributed by atoms with E-state index in [1.807, 2.05) is 0 Å². The molecule has 0 saturated carbocycles. The first-order valence-electron chi connectivity index (χ1n) is 3.74. The quantitative estimate of drug-likeness (QED) is 0.449. The third-order valence-electron chi connectivity index (χ3n) is 2.23. The number of β-amino-alcohol motifs (C(OH)–C–C–N with tert-alkyl or cyclic N) is 1. The second kappa shape index (κ2) is 3.09. The first kappa shape index (κ1) is 10.7. The highest BCUT2D eigenvalue weighted by Crippen LogP contribution is 2.37. The Kier molecular flexibility index (Phi) is 2.54. The van der Waals surface area contributed by atoms with Crippen LogP contribution in [0.3, 0.4) is 0 Å². The molecule has 4 N–H and O–H groups in total. The highest BCUT2D eigenvalue weighted by Gasteiger charge is 2.59. The third kappa shape index (κ3) is 1.78. The van der Waals surface area contributed by atoms with Crippen molar-refractivity contribution in [2.24, 2.45) is 5.84 Å². The Hall–Kier alpha value is -0.370. The molecule has 0 aliphatic carbocycles. The van der Waals surface area contributed by atoms with Gasteiger partial charge in [-0.2, -0.15) is 13.2 Å². The van der Waals surface area contributed by atoms with E-state index in [9.17, 15) is 13.2 Å². The normalized spacial score (nSPS) is 37.8. The summed E-state index contributed by atoms with van der Waals surface area (Å²) >= 11 is 0. The molecule has 1 rings (SSSR count). The van der Waals surface area contributed by atoms with Gasteiger partial charge in [-0.05, 0) is 0 Å². The molecule has 13 heavy (non-hydrogen) atoms. The van der Waals surface area contributed by atoms with E-state index in [0.717, 1.165) is 5.01 Å². The minimum atomic E-state index is -4.81. The highest BCUT2D eigenvalue weighted by atomic mass is 19.4. The standard InChI is InChI=1S/C6H11F3N2O2/c7-6(8,9)5(13)1-2-11(10)3-4(5)12/h4,12-13H,1-3,10H2/t4-,5+/m0/s1. The van der Waals surface area contributed by atoms with Crippen molar-refractivity contribution in [2.45, 2.75) is 24.3 Å². The summed E-state index contributed by atoms with van der Waals surface area (Å²) < 4.78 is 36.7. The third-order valence-corrected chi connectivity index (χ3v) is 2.23. The number of nitrogens with two attached hydrogens (primary N) is 1. The smallest absolute Gasteiger partial charge is 0.388 e. The Labute approximate surface area is 72.7 Å². The average Bonchev–Trinajstić information content (AvgIpc) is 1.95. The maximum absolute atomic E-state index is 12.2. The number of hydrazine groups is 1.